The summed E-state index contributed by atoms with van der Waals surface area (Å²) in [5.74, 6) is -0.0104. The summed E-state index contributed by atoms with van der Waals surface area (Å²) in [6.45, 7) is 2.82. The van der Waals surface area contributed by atoms with Crippen molar-refractivity contribution in [2.75, 3.05) is 26.2 Å². The molecule has 1 aliphatic rings. The molecular formula is C20H23FN2O4S. The van der Waals surface area contributed by atoms with Crippen LogP contribution in [0.5, 0.6) is 5.75 Å². The average Bonchev–Trinajstić information content (AvgIpc) is 2.72. The average molecular weight is 406 g/mol. The third kappa shape index (κ3) is 4.51. The van der Waals surface area contributed by atoms with E-state index in [9.17, 15) is 17.6 Å². The maximum absolute atomic E-state index is 13.1. The van der Waals surface area contributed by atoms with Crippen LogP contribution in [-0.2, 0) is 14.8 Å². The third-order valence-electron chi connectivity index (χ3n) is 4.67. The molecule has 0 aromatic heterocycles. The van der Waals surface area contributed by atoms with Crippen LogP contribution in [0.1, 0.15) is 13.3 Å². The van der Waals surface area contributed by atoms with Crippen molar-refractivity contribution in [3.05, 3.63) is 60.4 Å². The highest BCUT2D eigenvalue weighted by molar-refractivity contribution is 7.89. The van der Waals surface area contributed by atoms with E-state index in [1.807, 2.05) is 25.1 Å². The van der Waals surface area contributed by atoms with Gasteiger partial charge in [0.15, 0.2) is 6.10 Å². The molecule has 1 fully saturated rings. The Morgan fingerprint density at radius 2 is 1.64 bits per heavy atom. The molecular weight excluding hydrogens is 383 g/mol. The molecule has 0 spiro atoms. The van der Waals surface area contributed by atoms with Crippen LogP contribution in [0.3, 0.4) is 0 Å². The van der Waals surface area contributed by atoms with Crippen molar-refractivity contribution in [2.45, 2.75) is 24.3 Å². The lowest BCUT2D eigenvalue weighted by atomic mass is 10.2. The normalized spacial score (nSPS) is 16.6. The van der Waals surface area contributed by atoms with Crippen LogP contribution >= 0.6 is 0 Å². The van der Waals surface area contributed by atoms with Gasteiger partial charge in [-0.2, -0.15) is 4.31 Å². The topological polar surface area (TPSA) is 66.9 Å². The number of nitrogens with zero attached hydrogens (tertiary/aromatic N) is 2. The second-order valence-corrected chi connectivity index (χ2v) is 8.45. The lowest BCUT2D eigenvalue weighted by Crippen LogP contribution is -2.53. The van der Waals surface area contributed by atoms with Gasteiger partial charge in [-0.3, -0.25) is 4.79 Å². The van der Waals surface area contributed by atoms with E-state index in [0.717, 1.165) is 12.1 Å². The summed E-state index contributed by atoms with van der Waals surface area (Å²) < 4.78 is 45.5. The van der Waals surface area contributed by atoms with Gasteiger partial charge in [-0.25, -0.2) is 12.8 Å². The van der Waals surface area contributed by atoms with Gasteiger partial charge in [0.05, 0.1) is 4.90 Å². The lowest BCUT2D eigenvalue weighted by Gasteiger charge is -2.35. The molecule has 1 heterocycles. The molecule has 0 N–H and O–H groups in total. The van der Waals surface area contributed by atoms with E-state index in [0.29, 0.717) is 12.2 Å². The monoisotopic (exact) mass is 406 g/mol. The maximum atomic E-state index is 13.1. The second-order valence-electron chi connectivity index (χ2n) is 6.51. The molecule has 1 unspecified atom stereocenters. The van der Waals surface area contributed by atoms with Crippen LogP contribution in [0.4, 0.5) is 4.39 Å². The van der Waals surface area contributed by atoms with Crippen molar-refractivity contribution in [3.8, 4) is 5.75 Å². The molecule has 8 heteroatoms. The summed E-state index contributed by atoms with van der Waals surface area (Å²) in [4.78, 5) is 14.5. The highest BCUT2D eigenvalue weighted by atomic mass is 32.2. The smallest absolute Gasteiger partial charge is 0.263 e. The molecule has 0 bridgehead atoms. The summed E-state index contributed by atoms with van der Waals surface area (Å²) in [5.41, 5.74) is 0. The Bertz CT molecular complexity index is 896. The van der Waals surface area contributed by atoms with E-state index in [1.165, 1.54) is 16.4 Å². The summed E-state index contributed by atoms with van der Waals surface area (Å²) in [6.07, 6.45) is -0.0930. The first kappa shape index (κ1) is 20.3. The fourth-order valence-corrected chi connectivity index (χ4v) is 4.50. The molecule has 1 aliphatic heterocycles. The van der Waals surface area contributed by atoms with Gasteiger partial charge >= 0.3 is 0 Å². The molecule has 0 saturated carbocycles. The Hall–Kier alpha value is -2.45. The Labute approximate surface area is 164 Å². The van der Waals surface area contributed by atoms with Crippen molar-refractivity contribution in [1.29, 1.82) is 0 Å². The molecule has 28 heavy (non-hydrogen) atoms. The van der Waals surface area contributed by atoms with Crippen LogP contribution < -0.4 is 4.74 Å². The van der Waals surface area contributed by atoms with Crippen molar-refractivity contribution in [2.24, 2.45) is 0 Å². The van der Waals surface area contributed by atoms with E-state index < -0.39 is 21.9 Å². The summed E-state index contributed by atoms with van der Waals surface area (Å²) in [5, 5.41) is 0. The number of hydrogen-bond acceptors (Lipinski definition) is 4. The minimum atomic E-state index is -3.70. The molecule has 1 atom stereocenters. The third-order valence-corrected chi connectivity index (χ3v) is 6.58. The van der Waals surface area contributed by atoms with Gasteiger partial charge < -0.3 is 9.64 Å². The number of ether oxygens (including phenoxy) is 1. The van der Waals surface area contributed by atoms with Gasteiger partial charge in [0, 0.05) is 26.2 Å². The zero-order valence-electron chi connectivity index (χ0n) is 15.6. The maximum Gasteiger partial charge on any atom is 0.263 e. The molecule has 2 aromatic rings. The predicted octanol–water partition coefficient (Wildman–Crippen LogP) is 2.52. The number of halogens is 1. The number of benzene rings is 2. The van der Waals surface area contributed by atoms with E-state index in [1.54, 1.807) is 17.0 Å². The first-order valence-electron chi connectivity index (χ1n) is 9.18. The Balaban J connectivity index is 1.62. The van der Waals surface area contributed by atoms with Crippen LogP contribution in [0.15, 0.2) is 59.5 Å². The second kappa shape index (κ2) is 8.70. The van der Waals surface area contributed by atoms with Crippen LogP contribution in [0, 0.1) is 5.82 Å². The molecule has 6 nitrogen and oxygen atoms in total. The number of carbonyl (C=O) groups is 1. The zero-order chi connectivity index (χ0) is 20.1. The molecule has 0 radical (unpaired) electrons. The lowest BCUT2D eigenvalue weighted by molar-refractivity contribution is -0.140. The van der Waals surface area contributed by atoms with Crippen molar-refractivity contribution < 1.29 is 22.3 Å². The number of para-hydroxylation sites is 1. The number of piperazine rings is 1. The standard InChI is InChI=1S/C20H23FN2O4S/c1-2-19(27-17-6-4-3-5-7-17)20(24)22-12-14-23(15-13-22)28(25,26)18-10-8-16(21)9-11-18/h3-11,19H,2,12-15H2,1H3. The quantitative estimate of drug-likeness (QED) is 0.739. The molecule has 150 valence electrons. The summed E-state index contributed by atoms with van der Waals surface area (Å²) >= 11 is 0. The highest BCUT2D eigenvalue weighted by Crippen LogP contribution is 2.20. The molecule has 0 aliphatic carbocycles. The van der Waals surface area contributed by atoms with E-state index in [4.69, 9.17) is 4.74 Å². The fourth-order valence-electron chi connectivity index (χ4n) is 3.08. The van der Waals surface area contributed by atoms with E-state index in [2.05, 4.69) is 0 Å². The Kier molecular flexibility index (Phi) is 6.31. The first-order chi connectivity index (χ1) is 13.4. The molecule has 2 aromatic carbocycles. The summed E-state index contributed by atoms with van der Waals surface area (Å²) in [6, 6.07) is 13.9. The van der Waals surface area contributed by atoms with Gasteiger partial charge in [-0.05, 0) is 42.8 Å². The number of hydrogen-bond donors (Lipinski definition) is 0. The van der Waals surface area contributed by atoms with Crippen LogP contribution in [0.2, 0.25) is 0 Å². The molecule has 1 amide bonds. The van der Waals surface area contributed by atoms with Gasteiger partial charge in [0.1, 0.15) is 11.6 Å². The minimum absolute atomic E-state index is 0.0486. The number of amides is 1. The minimum Gasteiger partial charge on any atom is -0.481 e. The van der Waals surface area contributed by atoms with Gasteiger partial charge in [-0.15, -0.1) is 0 Å². The van der Waals surface area contributed by atoms with Crippen molar-refractivity contribution in [3.63, 3.8) is 0 Å². The zero-order valence-corrected chi connectivity index (χ0v) is 16.4. The number of carbonyl (C=O) groups excluding carboxylic acids is 1. The predicted molar refractivity (Wildman–Crippen MR) is 103 cm³/mol. The fraction of sp³-hybridized carbons (Fsp3) is 0.350. The number of rotatable bonds is 6. The van der Waals surface area contributed by atoms with Crippen molar-refractivity contribution >= 4 is 15.9 Å². The van der Waals surface area contributed by atoms with Gasteiger partial charge in [0.25, 0.3) is 5.91 Å². The Morgan fingerprint density at radius 3 is 2.21 bits per heavy atom. The van der Waals surface area contributed by atoms with Crippen LogP contribution in [-0.4, -0.2) is 55.8 Å². The summed E-state index contributed by atoms with van der Waals surface area (Å²) in [7, 11) is -3.70. The SMILES string of the molecule is CCC(Oc1ccccc1)C(=O)N1CCN(S(=O)(=O)c2ccc(F)cc2)CC1. The largest absolute Gasteiger partial charge is 0.481 e. The van der Waals surface area contributed by atoms with E-state index >= 15 is 0 Å². The van der Waals surface area contributed by atoms with E-state index in [-0.39, 0.29) is 37.0 Å². The van der Waals surface area contributed by atoms with Gasteiger partial charge in [-0.1, -0.05) is 25.1 Å². The van der Waals surface area contributed by atoms with Gasteiger partial charge in [0.2, 0.25) is 10.0 Å². The highest BCUT2D eigenvalue weighted by Gasteiger charge is 2.32. The van der Waals surface area contributed by atoms with Crippen molar-refractivity contribution in [1.82, 2.24) is 9.21 Å². The molecule has 3 rings (SSSR count). The molecule has 1 saturated heterocycles. The Morgan fingerprint density at radius 1 is 1.04 bits per heavy atom. The van der Waals surface area contributed by atoms with Crippen LogP contribution in [0.25, 0.3) is 0 Å². The number of sulfonamides is 1. The first-order valence-corrected chi connectivity index (χ1v) is 10.6.